The van der Waals surface area contributed by atoms with E-state index in [1.54, 1.807) is 18.7 Å². The molecule has 96 valence electrons. The number of benzene rings is 1. The van der Waals surface area contributed by atoms with Crippen molar-refractivity contribution in [3.63, 3.8) is 0 Å². The highest BCUT2D eigenvalue weighted by Crippen LogP contribution is 2.19. The third kappa shape index (κ3) is 2.86. The van der Waals surface area contributed by atoms with Crippen LogP contribution in [0, 0.1) is 0 Å². The van der Waals surface area contributed by atoms with E-state index >= 15 is 0 Å². The van der Waals surface area contributed by atoms with E-state index in [1.807, 2.05) is 19.1 Å². The molecule has 1 amide bonds. The van der Waals surface area contributed by atoms with Crippen molar-refractivity contribution in [2.45, 2.75) is 19.4 Å². The summed E-state index contributed by atoms with van der Waals surface area (Å²) in [5, 5.41) is 2.96. The molecular weight excluding hydrogens is 248 g/mol. The lowest BCUT2D eigenvalue weighted by molar-refractivity contribution is 0.0895. The molecule has 4 nitrogen and oxygen atoms in total. The van der Waals surface area contributed by atoms with Crippen LogP contribution in [0.3, 0.4) is 0 Å². The Morgan fingerprint density at radius 3 is 3.11 bits per heavy atom. The summed E-state index contributed by atoms with van der Waals surface area (Å²) >= 11 is 1.54. The van der Waals surface area contributed by atoms with Gasteiger partial charge in [-0.2, -0.15) is 0 Å². The fourth-order valence-corrected chi connectivity index (χ4v) is 2.44. The number of carbonyl (C=O) groups is 1. The first kappa shape index (κ1) is 13.0. The Bertz CT molecular complexity index is 539. The monoisotopic (exact) mass is 264 g/mol. The van der Waals surface area contributed by atoms with Crippen molar-refractivity contribution in [3.05, 3.63) is 29.3 Å². The van der Waals surface area contributed by atoms with Gasteiger partial charge in [0.05, 0.1) is 28.4 Å². The molecule has 0 bridgehead atoms. The summed E-state index contributed by atoms with van der Waals surface area (Å²) in [5.41, 5.74) is 3.38. The van der Waals surface area contributed by atoms with Gasteiger partial charge in [0.1, 0.15) is 0 Å². The maximum atomic E-state index is 12.1. The van der Waals surface area contributed by atoms with Crippen molar-refractivity contribution in [2.24, 2.45) is 0 Å². The van der Waals surface area contributed by atoms with Crippen LogP contribution in [0.15, 0.2) is 23.7 Å². The Morgan fingerprint density at radius 1 is 1.56 bits per heavy atom. The summed E-state index contributed by atoms with van der Waals surface area (Å²) in [5.74, 6) is -0.0609. The molecule has 1 aromatic carbocycles. The Morgan fingerprint density at radius 2 is 2.39 bits per heavy atom. The molecule has 0 saturated carbocycles. The number of aromatic nitrogens is 1. The molecule has 2 rings (SSSR count). The van der Waals surface area contributed by atoms with E-state index in [-0.39, 0.29) is 11.9 Å². The van der Waals surface area contributed by atoms with Crippen molar-refractivity contribution in [3.8, 4) is 0 Å². The second kappa shape index (κ2) is 5.93. The second-order valence-electron chi connectivity index (χ2n) is 4.07. The molecule has 1 heterocycles. The van der Waals surface area contributed by atoms with Gasteiger partial charge in [0, 0.05) is 12.7 Å². The normalized spacial score (nSPS) is 12.6. The number of hydrogen-bond acceptors (Lipinski definition) is 4. The number of fused-ring (bicyclic) bond motifs is 1. The predicted molar refractivity (Wildman–Crippen MR) is 73.0 cm³/mol. The molecular formula is C13H16N2O2S. The smallest absolute Gasteiger partial charge is 0.251 e. The first-order valence-electron chi connectivity index (χ1n) is 5.87. The topological polar surface area (TPSA) is 51.2 Å². The maximum absolute atomic E-state index is 12.1. The van der Waals surface area contributed by atoms with Crippen LogP contribution < -0.4 is 5.32 Å². The molecule has 1 N–H and O–H groups in total. The van der Waals surface area contributed by atoms with Gasteiger partial charge in [-0.1, -0.05) is 6.92 Å². The minimum atomic E-state index is -0.0609. The van der Waals surface area contributed by atoms with Crippen molar-refractivity contribution in [1.29, 1.82) is 0 Å². The Labute approximate surface area is 110 Å². The minimum Gasteiger partial charge on any atom is -0.383 e. The van der Waals surface area contributed by atoms with Gasteiger partial charge in [-0.05, 0) is 24.6 Å². The maximum Gasteiger partial charge on any atom is 0.251 e. The molecule has 0 saturated heterocycles. The number of thiazole rings is 1. The summed E-state index contributed by atoms with van der Waals surface area (Å²) in [7, 11) is 1.64. The molecule has 0 aliphatic rings. The van der Waals surface area contributed by atoms with Crippen LogP contribution >= 0.6 is 11.3 Å². The first-order chi connectivity index (χ1) is 8.74. The van der Waals surface area contributed by atoms with Gasteiger partial charge in [-0.25, -0.2) is 4.98 Å². The van der Waals surface area contributed by atoms with Gasteiger partial charge in [0.15, 0.2) is 0 Å². The number of rotatable bonds is 5. The minimum absolute atomic E-state index is 0.0552. The lowest BCUT2D eigenvalue weighted by Crippen LogP contribution is -2.37. The number of amides is 1. The number of nitrogens with zero attached hydrogens (tertiary/aromatic N) is 1. The number of ether oxygens (including phenoxy) is 1. The van der Waals surface area contributed by atoms with Crippen LogP contribution in [0.4, 0.5) is 0 Å². The van der Waals surface area contributed by atoms with Gasteiger partial charge in [-0.3, -0.25) is 4.79 Å². The molecule has 5 heteroatoms. The Hall–Kier alpha value is -1.46. The molecule has 1 atom stereocenters. The first-order valence-corrected chi connectivity index (χ1v) is 6.75. The molecule has 1 unspecified atom stereocenters. The highest BCUT2D eigenvalue weighted by molar-refractivity contribution is 7.16. The van der Waals surface area contributed by atoms with E-state index in [0.29, 0.717) is 12.2 Å². The Balaban J connectivity index is 2.12. The lowest BCUT2D eigenvalue weighted by atomic mass is 10.1. The van der Waals surface area contributed by atoms with Crippen molar-refractivity contribution in [1.82, 2.24) is 10.3 Å². The van der Waals surface area contributed by atoms with Gasteiger partial charge in [0.25, 0.3) is 5.91 Å². The largest absolute Gasteiger partial charge is 0.383 e. The molecule has 0 spiro atoms. The van der Waals surface area contributed by atoms with E-state index in [1.165, 1.54) is 11.3 Å². The molecule has 0 aliphatic heterocycles. The summed E-state index contributed by atoms with van der Waals surface area (Å²) in [6, 6.07) is 5.61. The van der Waals surface area contributed by atoms with Crippen LogP contribution in [0.1, 0.15) is 23.7 Å². The van der Waals surface area contributed by atoms with E-state index in [4.69, 9.17) is 4.74 Å². The van der Waals surface area contributed by atoms with Crippen molar-refractivity contribution < 1.29 is 9.53 Å². The molecule has 2 aromatic rings. The van der Waals surface area contributed by atoms with E-state index < -0.39 is 0 Å². The quantitative estimate of drug-likeness (QED) is 0.902. The van der Waals surface area contributed by atoms with Crippen LogP contribution in [-0.2, 0) is 4.74 Å². The summed E-state index contributed by atoms with van der Waals surface area (Å²) in [4.78, 5) is 16.3. The number of nitrogens with one attached hydrogen (secondary N) is 1. The third-order valence-corrected chi connectivity index (χ3v) is 3.58. The van der Waals surface area contributed by atoms with Gasteiger partial charge in [-0.15, -0.1) is 11.3 Å². The third-order valence-electron chi connectivity index (χ3n) is 2.79. The Kier molecular flexibility index (Phi) is 4.28. The van der Waals surface area contributed by atoms with Gasteiger partial charge >= 0.3 is 0 Å². The molecule has 1 aromatic heterocycles. The van der Waals surface area contributed by atoms with E-state index in [9.17, 15) is 4.79 Å². The van der Waals surface area contributed by atoms with Crippen molar-refractivity contribution in [2.75, 3.05) is 13.7 Å². The van der Waals surface area contributed by atoms with Crippen LogP contribution in [0.5, 0.6) is 0 Å². The fourth-order valence-electron chi connectivity index (χ4n) is 1.73. The summed E-state index contributed by atoms with van der Waals surface area (Å²) < 4.78 is 6.10. The molecule has 0 radical (unpaired) electrons. The van der Waals surface area contributed by atoms with Crippen LogP contribution in [0.2, 0.25) is 0 Å². The van der Waals surface area contributed by atoms with Gasteiger partial charge < -0.3 is 10.1 Å². The highest BCUT2D eigenvalue weighted by Gasteiger charge is 2.12. The highest BCUT2D eigenvalue weighted by atomic mass is 32.1. The summed E-state index contributed by atoms with van der Waals surface area (Å²) in [6.07, 6.45) is 0.850. The zero-order chi connectivity index (χ0) is 13.0. The predicted octanol–water partition coefficient (Wildman–Crippen LogP) is 2.45. The number of carbonyl (C=O) groups excluding carboxylic acids is 1. The number of hydrogen-bond donors (Lipinski definition) is 1. The van der Waals surface area contributed by atoms with E-state index in [0.717, 1.165) is 16.6 Å². The van der Waals surface area contributed by atoms with Crippen molar-refractivity contribution >= 4 is 27.5 Å². The zero-order valence-electron chi connectivity index (χ0n) is 10.5. The number of methoxy groups -OCH3 is 1. The average molecular weight is 264 g/mol. The lowest BCUT2D eigenvalue weighted by Gasteiger charge is -2.15. The van der Waals surface area contributed by atoms with Crippen LogP contribution in [-0.4, -0.2) is 30.6 Å². The zero-order valence-corrected chi connectivity index (χ0v) is 11.3. The average Bonchev–Trinajstić information content (AvgIpc) is 2.85. The van der Waals surface area contributed by atoms with Gasteiger partial charge in [0.2, 0.25) is 0 Å². The molecule has 0 aliphatic carbocycles. The van der Waals surface area contributed by atoms with E-state index in [2.05, 4.69) is 10.3 Å². The SMILES string of the molecule is CCC(COC)NC(=O)c1ccc2ncsc2c1. The fraction of sp³-hybridized carbons (Fsp3) is 0.385. The molecule has 0 fully saturated rings. The van der Waals surface area contributed by atoms with Crippen LogP contribution in [0.25, 0.3) is 10.2 Å². The second-order valence-corrected chi connectivity index (χ2v) is 4.96. The standard InChI is InChI=1S/C13H16N2O2S/c1-3-10(7-17-2)15-13(16)9-4-5-11-12(6-9)18-8-14-11/h4-6,8,10H,3,7H2,1-2H3,(H,15,16). The molecule has 18 heavy (non-hydrogen) atoms. The summed E-state index contributed by atoms with van der Waals surface area (Å²) in [6.45, 7) is 2.56.